The molecule has 0 aliphatic carbocycles. The summed E-state index contributed by atoms with van der Waals surface area (Å²) in [6.07, 6.45) is 0.453. The minimum absolute atomic E-state index is 0.453. The molecule has 0 aromatic heterocycles. The van der Waals surface area contributed by atoms with Crippen molar-refractivity contribution in [1.29, 1.82) is 0 Å². The van der Waals surface area contributed by atoms with Crippen LogP contribution < -0.4 is 0 Å². The molecule has 0 radical (unpaired) electrons. The van der Waals surface area contributed by atoms with Crippen LogP contribution in [0, 0.1) is 0 Å². The molecule has 0 heterocycles. The van der Waals surface area contributed by atoms with Crippen molar-refractivity contribution >= 4 is 27.2 Å². The van der Waals surface area contributed by atoms with Gasteiger partial charge in [0.25, 0.3) is 0 Å². The Morgan fingerprint density at radius 2 is 2.00 bits per heavy atom. The van der Waals surface area contributed by atoms with Gasteiger partial charge in [-0.05, 0) is 19.7 Å². The minimum atomic E-state index is -4.56. The van der Waals surface area contributed by atoms with E-state index in [1.807, 2.05) is 49.3 Å². The maximum atomic E-state index is 10.6. The van der Waals surface area contributed by atoms with Gasteiger partial charge in [0, 0.05) is 18.7 Å². The van der Waals surface area contributed by atoms with Gasteiger partial charge in [0.1, 0.15) is 5.04 Å². The smallest absolute Gasteiger partial charge is 0.309 e. The number of hydrogen-bond acceptors (Lipinski definition) is 6. The summed E-state index contributed by atoms with van der Waals surface area (Å²) in [6, 6.07) is 9.50. The van der Waals surface area contributed by atoms with Crippen molar-refractivity contribution in [2.75, 3.05) is 26.4 Å². The summed E-state index contributed by atoms with van der Waals surface area (Å²) in [5, 5.41) is 4.01. The number of thioether (sulfide) groups is 1. The fourth-order valence-electron chi connectivity index (χ4n) is 1.31. The SMILES string of the molecule is CN(C)CCSC(Cc1ccccc1)=NOS(=O)(=O)O. The topological polar surface area (TPSA) is 79.2 Å². The quantitative estimate of drug-likeness (QED) is 0.356. The largest absolute Gasteiger partial charge is 0.466 e. The van der Waals surface area contributed by atoms with Gasteiger partial charge in [-0.1, -0.05) is 35.5 Å². The summed E-state index contributed by atoms with van der Waals surface area (Å²) >= 11 is 1.39. The zero-order valence-electron chi connectivity index (χ0n) is 11.4. The molecular weight excluding hydrogens is 300 g/mol. The van der Waals surface area contributed by atoms with E-state index < -0.39 is 10.4 Å². The van der Waals surface area contributed by atoms with E-state index in [2.05, 4.69) is 9.44 Å². The lowest BCUT2D eigenvalue weighted by atomic mass is 10.2. The predicted octanol–water partition coefficient (Wildman–Crippen LogP) is 1.66. The highest BCUT2D eigenvalue weighted by molar-refractivity contribution is 8.13. The van der Waals surface area contributed by atoms with E-state index in [0.29, 0.717) is 11.5 Å². The Morgan fingerprint density at radius 1 is 1.35 bits per heavy atom. The Kier molecular flexibility index (Phi) is 7.00. The molecule has 1 aromatic carbocycles. The van der Waals surface area contributed by atoms with Gasteiger partial charge in [0.2, 0.25) is 0 Å². The highest BCUT2D eigenvalue weighted by atomic mass is 32.3. The standard InChI is InChI=1S/C12H18N2O4S2/c1-14(2)8-9-19-12(13-18-20(15,16)17)10-11-6-4-3-5-7-11/h3-7H,8-10H2,1-2H3,(H,15,16,17). The van der Waals surface area contributed by atoms with Crippen LogP contribution in [-0.4, -0.2) is 49.3 Å². The van der Waals surface area contributed by atoms with E-state index in [0.717, 1.165) is 17.9 Å². The van der Waals surface area contributed by atoms with Crippen molar-refractivity contribution < 1.29 is 17.3 Å². The van der Waals surface area contributed by atoms with Crippen molar-refractivity contribution in [3.63, 3.8) is 0 Å². The van der Waals surface area contributed by atoms with Crippen molar-refractivity contribution in [2.45, 2.75) is 6.42 Å². The molecule has 6 nitrogen and oxygen atoms in total. The number of nitrogens with zero attached hydrogens (tertiary/aromatic N) is 2. The van der Waals surface area contributed by atoms with E-state index in [1.165, 1.54) is 11.8 Å². The van der Waals surface area contributed by atoms with Crippen molar-refractivity contribution in [1.82, 2.24) is 4.90 Å². The highest BCUT2D eigenvalue weighted by Crippen LogP contribution is 2.12. The van der Waals surface area contributed by atoms with Gasteiger partial charge in [-0.2, -0.15) is 8.42 Å². The molecule has 0 atom stereocenters. The molecule has 0 saturated carbocycles. The molecule has 0 fully saturated rings. The second kappa shape index (κ2) is 8.25. The minimum Gasteiger partial charge on any atom is -0.309 e. The van der Waals surface area contributed by atoms with E-state index in [-0.39, 0.29) is 0 Å². The van der Waals surface area contributed by atoms with Crippen LogP contribution in [0.2, 0.25) is 0 Å². The van der Waals surface area contributed by atoms with E-state index in [9.17, 15) is 8.42 Å². The molecule has 1 rings (SSSR count). The third-order valence-corrected chi connectivity index (χ3v) is 3.44. The lowest BCUT2D eigenvalue weighted by Crippen LogP contribution is -2.16. The Morgan fingerprint density at radius 3 is 2.55 bits per heavy atom. The normalized spacial score (nSPS) is 12.7. The van der Waals surface area contributed by atoms with E-state index >= 15 is 0 Å². The first-order valence-electron chi connectivity index (χ1n) is 5.91. The first-order chi connectivity index (χ1) is 9.37. The molecule has 112 valence electrons. The zero-order chi connectivity index (χ0) is 15.0. The second-order valence-electron chi connectivity index (χ2n) is 4.30. The molecule has 0 aliphatic rings. The second-order valence-corrected chi connectivity index (χ2v) is 6.47. The zero-order valence-corrected chi connectivity index (χ0v) is 13.0. The van der Waals surface area contributed by atoms with Gasteiger partial charge in [-0.15, -0.1) is 11.8 Å². The summed E-state index contributed by atoms with van der Waals surface area (Å²) in [6.45, 7) is 0.824. The molecule has 20 heavy (non-hydrogen) atoms. The molecule has 1 aromatic rings. The summed E-state index contributed by atoms with van der Waals surface area (Å²) in [5.41, 5.74) is 0.988. The molecule has 1 N–H and O–H groups in total. The molecule has 0 bridgehead atoms. The lowest BCUT2D eigenvalue weighted by molar-refractivity contribution is 0.283. The van der Waals surface area contributed by atoms with Gasteiger partial charge in [0.05, 0.1) is 0 Å². The summed E-state index contributed by atoms with van der Waals surface area (Å²) in [5.74, 6) is 0.744. The van der Waals surface area contributed by atoms with Crippen LogP contribution in [0.15, 0.2) is 35.5 Å². The molecule has 0 saturated heterocycles. The van der Waals surface area contributed by atoms with Gasteiger partial charge in [-0.3, -0.25) is 4.55 Å². The van der Waals surface area contributed by atoms with Crippen LogP contribution in [0.5, 0.6) is 0 Å². The Bertz CT molecular complexity index is 530. The third kappa shape index (κ3) is 8.16. The average molecular weight is 318 g/mol. The van der Waals surface area contributed by atoms with Gasteiger partial charge < -0.3 is 4.90 Å². The summed E-state index contributed by atoms with van der Waals surface area (Å²) in [4.78, 5) is 2.01. The molecule has 0 spiro atoms. The molecule has 8 heteroatoms. The summed E-state index contributed by atoms with van der Waals surface area (Å²) in [7, 11) is -0.669. The third-order valence-electron chi connectivity index (χ3n) is 2.24. The van der Waals surface area contributed by atoms with Crippen LogP contribution >= 0.6 is 11.8 Å². The van der Waals surface area contributed by atoms with Crippen LogP contribution in [0.25, 0.3) is 0 Å². The Labute approximate surface area is 123 Å². The molecule has 0 amide bonds. The van der Waals surface area contributed by atoms with Gasteiger partial charge in [0.15, 0.2) is 0 Å². The first-order valence-corrected chi connectivity index (χ1v) is 8.26. The average Bonchev–Trinajstić information content (AvgIpc) is 2.35. The van der Waals surface area contributed by atoms with Gasteiger partial charge in [-0.25, -0.2) is 4.28 Å². The first kappa shape index (κ1) is 17.0. The van der Waals surface area contributed by atoms with Crippen molar-refractivity contribution in [2.24, 2.45) is 5.16 Å². The lowest BCUT2D eigenvalue weighted by Gasteiger charge is -2.10. The predicted molar refractivity (Wildman–Crippen MR) is 81.2 cm³/mol. The number of rotatable bonds is 7. The molecule has 0 unspecified atom stereocenters. The fourth-order valence-corrected chi connectivity index (χ4v) is 2.60. The number of benzene rings is 1. The highest BCUT2D eigenvalue weighted by Gasteiger charge is 2.08. The Balaban J connectivity index is 2.68. The molecular formula is C12H18N2O4S2. The van der Waals surface area contributed by atoms with Crippen LogP contribution in [-0.2, 0) is 21.1 Å². The van der Waals surface area contributed by atoms with E-state index in [4.69, 9.17) is 4.55 Å². The fraction of sp³-hybridized carbons (Fsp3) is 0.417. The summed E-state index contributed by atoms with van der Waals surface area (Å²) < 4.78 is 33.8. The maximum absolute atomic E-state index is 10.6. The van der Waals surface area contributed by atoms with Crippen LogP contribution in [0.1, 0.15) is 5.56 Å². The van der Waals surface area contributed by atoms with Crippen LogP contribution in [0.3, 0.4) is 0 Å². The van der Waals surface area contributed by atoms with Crippen LogP contribution in [0.4, 0.5) is 0 Å². The molecule has 0 aliphatic heterocycles. The maximum Gasteiger partial charge on any atom is 0.466 e. The number of oxime groups is 1. The Hall–Kier alpha value is -1.09. The monoisotopic (exact) mass is 318 g/mol. The number of hydrogen-bond donors (Lipinski definition) is 1. The van der Waals surface area contributed by atoms with Crippen molar-refractivity contribution in [3.8, 4) is 0 Å². The van der Waals surface area contributed by atoms with Crippen molar-refractivity contribution in [3.05, 3.63) is 35.9 Å². The van der Waals surface area contributed by atoms with Gasteiger partial charge >= 0.3 is 10.4 Å². The van der Waals surface area contributed by atoms with E-state index in [1.54, 1.807) is 0 Å².